The smallest absolute Gasteiger partial charge is 0.236 e. The highest BCUT2D eigenvalue weighted by Gasteiger charge is 2.39. The Balaban J connectivity index is 1.45. The molecule has 3 heterocycles. The first-order valence-electron chi connectivity index (χ1n) is 8.84. The standard InChI is InChI=1S/C22H15N3O/c1-2-6-16-15(4-1)12-18-21(16)26-22(25-18)17-10-9-14-8-7-13-5-3-11-23-19(13)20(14)24-17/h1-11,18,21H,12H2/t18-,21+/m1/s1. The third-order valence-corrected chi connectivity index (χ3v) is 5.31. The summed E-state index contributed by atoms with van der Waals surface area (Å²) in [6, 6.07) is 20.8. The van der Waals surface area contributed by atoms with E-state index in [-0.39, 0.29) is 12.1 Å². The van der Waals surface area contributed by atoms with Gasteiger partial charge in [0.05, 0.1) is 17.1 Å². The van der Waals surface area contributed by atoms with Gasteiger partial charge in [-0.3, -0.25) is 4.98 Å². The van der Waals surface area contributed by atoms with Gasteiger partial charge in [-0.2, -0.15) is 0 Å². The van der Waals surface area contributed by atoms with Crippen LogP contribution in [0.1, 0.15) is 22.9 Å². The fourth-order valence-corrected chi connectivity index (χ4v) is 4.06. The normalized spacial score (nSPS) is 20.7. The summed E-state index contributed by atoms with van der Waals surface area (Å²) in [5.41, 5.74) is 5.18. The van der Waals surface area contributed by atoms with Crippen LogP contribution in [0.15, 0.2) is 71.9 Å². The Morgan fingerprint density at radius 1 is 0.846 bits per heavy atom. The van der Waals surface area contributed by atoms with Gasteiger partial charge in [-0.1, -0.05) is 48.5 Å². The lowest BCUT2D eigenvalue weighted by atomic mass is 10.1. The summed E-state index contributed by atoms with van der Waals surface area (Å²) in [7, 11) is 0. The van der Waals surface area contributed by atoms with Crippen molar-refractivity contribution in [2.24, 2.45) is 4.99 Å². The summed E-state index contributed by atoms with van der Waals surface area (Å²) in [5.74, 6) is 0.643. The summed E-state index contributed by atoms with van der Waals surface area (Å²) < 4.78 is 6.23. The Morgan fingerprint density at radius 2 is 1.69 bits per heavy atom. The second-order valence-electron chi connectivity index (χ2n) is 6.85. The van der Waals surface area contributed by atoms with Gasteiger partial charge in [-0.15, -0.1) is 0 Å². The molecule has 0 radical (unpaired) electrons. The quantitative estimate of drug-likeness (QED) is 0.489. The highest BCUT2D eigenvalue weighted by Crippen LogP contribution is 2.40. The molecular weight excluding hydrogens is 322 g/mol. The van der Waals surface area contributed by atoms with Gasteiger partial charge >= 0.3 is 0 Å². The van der Waals surface area contributed by atoms with Crippen LogP contribution in [0.5, 0.6) is 0 Å². The number of aromatic nitrogens is 2. The van der Waals surface area contributed by atoms with Gasteiger partial charge in [0, 0.05) is 17.0 Å². The zero-order valence-corrected chi connectivity index (χ0v) is 14.0. The fraction of sp³-hybridized carbons (Fsp3) is 0.136. The summed E-state index contributed by atoms with van der Waals surface area (Å²) >= 11 is 0. The molecule has 0 N–H and O–H groups in total. The Hall–Kier alpha value is -3.27. The van der Waals surface area contributed by atoms with Crippen molar-refractivity contribution in [1.82, 2.24) is 9.97 Å². The second kappa shape index (κ2) is 5.11. The van der Waals surface area contributed by atoms with Crippen LogP contribution in [0.4, 0.5) is 0 Å². The number of fused-ring (bicyclic) bond motifs is 6. The number of aliphatic imine (C=N–C) groups is 1. The van der Waals surface area contributed by atoms with Crippen molar-refractivity contribution in [3.8, 4) is 0 Å². The maximum atomic E-state index is 6.23. The Bertz CT molecular complexity index is 1210. The van der Waals surface area contributed by atoms with E-state index in [1.807, 2.05) is 12.1 Å². The Kier molecular flexibility index (Phi) is 2.75. The van der Waals surface area contributed by atoms with Crippen molar-refractivity contribution in [2.45, 2.75) is 18.6 Å². The van der Waals surface area contributed by atoms with Crippen molar-refractivity contribution >= 4 is 27.7 Å². The van der Waals surface area contributed by atoms with Gasteiger partial charge in [-0.05, 0) is 29.7 Å². The van der Waals surface area contributed by atoms with E-state index in [1.165, 1.54) is 11.1 Å². The van der Waals surface area contributed by atoms with Crippen LogP contribution in [0.25, 0.3) is 21.8 Å². The summed E-state index contributed by atoms with van der Waals surface area (Å²) in [5, 5.41) is 2.16. The van der Waals surface area contributed by atoms with Gasteiger partial charge in [0.25, 0.3) is 0 Å². The molecule has 0 saturated heterocycles. The summed E-state index contributed by atoms with van der Waals surface area (Å²) in [6.45, 7) is 0. The van der Waals surface area contributed by atoms with Gasteiger partial charge in [0.1, 0.15) is 11.8 Å². The molecule has 2 aromatic heterocycles. The molecule has 2 aliphatic rings. The third kappa shape index (κ3) is 1.93. The minimum atomic E-state index is 0.0179. The summed E-state index contributed by atoms with van der Waals surface area (Å²) in [6.07, 6.45) is 2.76. The molecule has 2 aromatic carbocycles. The van der Waals surface area contributed by atoms with E-state index in [4.69, 9.17) is 14.7 Å². The molecule has 0 amide bonds. The molecule has 2 atom stereocenters. The lowest BCUT2D eigenvalue weighted by molar-refractivity contribution is 0.208. The molecule has 4 nitrogen and oxygen atoms in total. The first-order chi connectivity index (χ1) is 12.9. The van der Waals surface area contributed by atoms with Crippen molar-refractivity contribution in [3.63, 3.8) is 0 Å². The zero-order chi connectivity index (χ0) is 17.1. The number of hydrogen-bond acceptors (Lipinski definition) is 4. The highest BCUT2D eigenvalue weighted by molar-refractivity contribution is 6.04. The molecule has 0 fully saturated rings. The van der Waals surface area contributed by atoms with Crippen molar-refractivity contribution in [1.29, 1.82) is 0 Å². The van der Waals surface area contributed by atoms with Gasteiger partial charge in [0.15, 0.2) is 0 Å². The van der Waals surface area contributed by atoms with Crippen LogP contribution in [0.3, 0.4) is 0 Å². The van der Waals surface area contributed by atoms with Crippen LogP contribution in [-0.2, 0) is 11.2 Å². The summed E-state index contributed by atoms with van der Waals surface area (Å²) in [4.78, 5) is 14.2. The molecule has 0 spiro atoms. The Morgan fingerprint density at radius 3 is 2.65 bits per heavy atom. The molecule has 0 bridgehead atoms. The van der Waals surface area contributed by atoms with Gasteiger partial charge < -0.3 is 4.74 Å². The number of ether oxygens (including phenoxy) is 1. The molecule has 6 rings (SSSR count). The average molecular weight is 337 g/mol. The van der Waals surface area contributed by atoms with E-state index in [1.54, 1.807) is 6.20 Å². The SMILES string of the molecule is c1ccc2c(c1)C[C@H]1N=C(c3ccc4ccc5cccnc5c4n3)O[C@@H]21. The lowest BCUT2D eigenvalue weighted by Crippen LogP contribution is -2.09. The molecule has 0 unspecified atom stereocenters. The molecule has 4 heteroatoms. The third-order valence-electron chi connectivity index (χ3n) is 5.31. The molecule has 1 aliphatic heterocycles. The van der Waals surface area contributed by atoms with E-state index in [9.17, 15) is 0 Å². The number of benzene rings is 2. The van der Waals surface area contributed by atoms with Crippen LogP contribution in [0, 0.1) is 0 Å². The van der Waals surface area contributed by atoms with Crippen molar-refractivity contribution in [2.75, 3.05) is 0 Å². The minimum Gasteiger partial charge on any atom is -0.466 e. The van der Waals surface area contributed by atoms with Crippen LogP contribution in [0.2, 0.25) is 0 Å². The molecule has 4 aromatic rings. The second-order valence-corrected chi connectivity index (χ2v) is 6.85. The van der Waals surface area contributed by atoms with Crippen molar-refractivity contribution in [3.05, 3.63) is 83.7 Å². The average Bonchev–Trinajstić information content (AvgIpc) is 3.25. The first kappa shape index (κ1) is 14.0. The fourth-order valence-electron chi connectivity index (χ4n) is 4.06. The van der Waals surface area contributed by atoms with Crippen LogP contribution in [-0.4, -0.2) is 21.9 Å². The molecular formula is C22H15N3O. The van der Waals surface area contributed by atoms with E-state index in [0.717, 1.165) is 33.9 Å². The Labute approximate surface area is 150 Å². The zero-order valence-electron chi connectivity index (χ0n) is 14.0. The van der Waals surface area contributed by atoms with E-state index in [0.29, 0.717) is 5.90 Å². The number of pyridine rings is 2. The van der Waals surface area contributed by atoms with E-state index < -0.39 is 0 Å². The number of hydrogen-bond donors (Lipinski definition) is 0. The topological polar surface area (TPSA) is 47.4 Å². The van der Waals surface area contributed by atoms with Crippen LogP contribution >= 0.6 is 0 Å². The molecule has 26 heavy (non-hydrogen) atoms. The first-order valence-corrected chi connectivity index (χ1v) is 8.84. The van der Waals surface area contributed by atoms with E-state index >= 15 is 0 Å². The predicted molar refractivity (Wildman–Crippen MR) is 101 cm³/mol. The maximum Gasteiger partial charge on any atom is 0.236 e. The maximum absolute atomic E-state index is 6.23. The highest BCUT2D eigenvalue weighted by atomic mass is 16.5. The molecule has 0 saturated carbocycles. The number of rotatable bonds is 1. The largest absolute Gasteiger partial charge is 0.466 e. The lowest BCUT2D eigenvalue weighted by Gasteiger charge is -2.11. The number of nitrogens with zero attached hydrogens (tertiary/aromatic N) is 3. The minimum absolute atomic E-state index is 0.0179. The molecule has 1 aliphatic carbocycles. The van der Waals surface area contributed by atoms with Crippen LogP contribution < -0.4 is 0 Å². The van der Waals surface area contributed by atoms with Gasteiger partial charge in [-0.25, -0.2) is 9.98 Å². The molecule has 124 valence electrons. The predicted octanol–water partition coefficient (Wildman–Crippen LogP) is 4.23. The monoisotopic (exact) mass is 337 g/mol. The van der Waals surface area contributed by atoms with E-state index in [2.05, 4.69) is 53.5 Å². The van der Waals surface area contributed by atoms with Gasteiger partial charge in [0.2, 0.25) is 5.90 Å². The van der Waals surface area contributed by atoms with Crippen molar-refractivity contribution < 1.29 is 4.74 Å².